The molecule has 6 nitrogen and oxygen atoms in total. The van der Waals surface area contributed by atoms with Crippen molar-refractivity contribution in [2.75, 3.05) is 0 Å². The molecular formula is C14H24N2O4. The molecule has 1 rings (SSSR count). The summed E-state index contributed by atoms with van der Waals surface area (Å²) in [5.74, 6) is -1.17. The molecule has 0 radical (unpaired) electrons. The molecule has 1 aliphatic heterocycles. The molecule has 114 valence electrons. The number of hydrogen-bond acceptors (Lipinski definition) is 4. The van der Waals surface area contributed by atoms with E-state index in [1.807, 2.05) is 26.0 Å². The Morgan fingerprint density at radius 2 is 2.15 bits per heavy atom. The van der Waals surface area contributed by atoms with Crippen LogP contribution in [-0.2, 0) is 9.59 Å². The largest absolute Gasteiger partial charge is 0.480 e. The molecular weight excluding hydrogens is 260 g/mol. The van der Waals surface area contributed by atoms with Gasteiger partial charge >= 0.3 is 5.97 Å². The normalized spacial score (nSPS) is 29.3. The molecule has 1 aliphatic rings. The highest BCUT2D eigenvalue weighted by atomic mass is 16.4. The Balaban J connectivity index is 2.95. The number of carbonyl (C=O) groups is 2. The second kappa shape index (κ2) is 7.40. The number of carbonyl (C=O) groups excluding carboxylic acids is 1. The molecule has 4 N–H and O–H groups in total. The molecule has 1 saturated heterocycles. The van der Waals surface area contributed by atoms with Gasteiger partial charge in [0.05, 0.1) is 12.1 Å². The molecule has 0 spiro atoms. The van der Waals surface area contributed by atoms with Crippen LogP contribution in [0.5, 0.6) is 0 Å². The maximum atomic E-state index is 11.3. The number of aliphatic hydroxyl groups excluding tert-OH is 1. The zero-order valence-electron chi connectivity index (χ0n) is 12.2. The van der Waals surface area contributed by atoms with Crippen LogP contribution in [0, 0.1) is 5.92 Å². The maximum Gasteiger partial charge on any atom is 0.320 e. The first-order chi connectivity index (χ1) is 9.40. The van der Waals surface area contributed by atoms with E-state index in [0.717, 1.165) is 0 Å². The summed E-state index contributed by atoms with van der Waals surface area (Å²) < 4.78 is 0. The molecule has 1 unspecified atom stereocenters. The molecule has 0 saturated carbocycles. The van der Waals surface area contributed by atoms with Crippen molar-refractivity contribution < 1.29 is 19.8 Å². The third-order valence-electron chi connectivity index (χ3n) is 3.69. The lowest BCUT2D eigenvalue weighted by molar-refractivity contribution is -0.139. The van der Waals surface area contributed by atoms with Crippen molar-refractivity contribution in [2.24, 2.45) is 5.92 Å². The van der Waals surface area contributed by atoms with Crippen molar-refractivity contribution in [3.05, 3.63) is 12.2 Å². The van der Waals surface area contributed by atoms with Crippen molar-refractivity contribution in [3.8, 4) is 0 Å². The van der Waals surface area contributed by atoms with Gasteiger partial charge < -0.3 is 15.5 Å². The topological polar surface area (TPSA) is 98.7 Å². The Hall–Kier alpha value is -1.40. The van der Waals surface area contributed by atoms with Crippen molar-refractivity contribution in [3.63, 3.8) is 0 Å². The second-order valence-corrected chi connectivity index (χ2v) is 5.21. The standard InChI is InChI=1S/C14H24N2O4/c1-4-6-9-7-10(14(19)20)16-12(9)13(11(18)5-2)15-8(3)17/h4,6,9-13,16,18H,5,7H2,1-3H3,(H,15,17)(H,19,20)/b6-4-/t9-,10-,11?,12-,13-/m1/s1. The van der Waals surface area contributed by atoms with E-state index >= 15 is 0 Å². The van der Waals surface area contributed by atoms with Crippen LogP contribution in [0.2, 0.25) is 0 Å². The molecule has 0 aromatic rings. The minimum atomic E-state index is -0.908. The summed E-state index contributed by atoms with van der Waals surface area (Å²) in [7, 11) is 0. The fourth-order valence-electron chi connectivity index (χ4n) is 2.74. The molecule has 5 atom stereocenters. The molecule has 1 amide bonds. The van der Waals surface area contributed by atoms with Crippen LogP contribution in [-0.4, -0.2) is 46.3 Å². The molecule has 1 fully saturated rings. The Morgan fingerprint density at radius 1 is 1.50 bits per heavy atom. The van der Waals surface area contributed by atoms with Gasteiger partial charge in [-0.15, -0.1) is 0 Å². The summed E-state index contributed by atoms with van der Waals surface area (Å²) in [5, 5.41) is 25.0. The summed E-state index contributed by atoms with van der Waals surface area (Å²) in [4.78, 5) is 22.5. The van der Waals surface area contributed by atoms with Gasteiger partial charge in [0.2, 0.25) is 5.91 Å². The van der Waals surface area contributed by atoms with Crippen LogP contribution in [0.25, 0.3) is 0 Å². The first-order valence-corrected chi connectivity index (χ1v) is 6.97. The second-order valence-electron chi connectivity index (χ2n) is 5.21. The Morgan fingerprint density at radius 3 is 2.60 bits per heavy atom. The average Bonchev–Trinajstić information content (AvgIpc) is 2.79. The van der Waals surface area contributed by atoms with E-state index < -0.39 is 24.2 Å². The number of carboxylic acids is 1. The van der Waals surface area contributed by atoms with E-state index in [-0.39, 0.29) is 17.9 Å². The van der Waals surface area contributed by atoms with E-state index in [1.54, 1.807) is 0 Å². The van der Waals surface area contributed by atoms with Gasteiger partial charge in [0.15, 0.2) is 0 Å². The maximum absolute atomic E-state index is 11.3. The number of aliphatic carboxylic acids is 1. The van der Waals surface area contributed by atoms with Gasteiger partial charge in [0.25, 0.3) is 0 Å². The number of allylic oxidation sites excluding steroid dienone is 1. The highest BCUT2D eigenvalue weighted by Gasteiger charge is 2.42. The number of carboxylic acid groups (broad SMARTS) is 1. The summed E-state index contributed by atoms with van der Waals surface area (Å²) in [6, 6.07) is -1.43. The number of hydrogen-bond donors (Lipinski definition) is 4. The highest BCUT2D eigenvalue weighted by Crippen LogP contribution is 2.26. The van der Waals surface area contributed by atoms with Gasteiger partial charge in [-0.1, -0.05) is 19.1 Å². The molecule has 6 heteroatoms. The third-order valence-corrected chi connectivity index (χ3v) is 3.69. The van der Waals surface area contributed by atoms with E-state index in [9.17, 15) is 14.7 Å². The number of rotatable bonds is 6. The molecule has 0 bridgehead atoms. The van der Waals surface area contributed by atoms with Gasteiger partial charge in [-0.3, -0.25) is 14.9 Å². The predicted molar refractivity (Wildman–Crippen MR) is 75.2 cm³/mol. The SMILES string of the molecule is C/C=C\[C@@H]1C[C@H](C(=O)O)N[C@H]1[C@H](NC(C)=O)C(O)CC. The smallest absolute Gasteiger partial charge is 0.320 e. The summed E-state index contributed by atoms with van der Waals surface area (Å²) in [6.07, 6.45) is 4.03. The van der Waals surface area contributed by atoms with E-state index in [4.69, 9.17) is 5.11 Å². The van der Waals surface area contributed by atoms with Gasteiger partial charge in [-0.2, -0.15) is 0 Å². The summed E-state index contributed by atoms with van der Waals surface area (Å²) >= 11 is 0. The van der Waals surface area contributed by atoms with Crippen LogP contribution < -0.4 is 10.6 Å². The highest BCUT2D eigenvalue weighted by molar-refractivity contribution is 5.75. The van der Waals surface area contributed by atoms with Crippen molar-refractivity contribution in [2.45, 2.75) is 57.8 Å². The van der Waals surface area contributed by atoms with Gasteiger partial charge in [0, 0.05) is 13.0 Å². The third kappa shape index (κ3) is 4.05. The van der Waals surface area contributed by atoms with Gasteiger partial charge in [-0.25, -0.2) is 0 Å². The van der Waals surface area contributed by atoms with Crippen molar-refractivity contribution in [1.82, 2.24) is 10.6 Å². The Labute approximate surface area is 119 Å². The lowest BCUT2D eigenvalue weighted by atomic mass is 9.89. The van der Waals surface area contributed by atoms with Crippen molar-refractivity contribution in [1.29, 1.82) is 0 Å². The Kier molecular flexibility index (Phi) is 6.16. The zero-order valence-corrected chi connectivity index (χ0v) is 12.2. The number of aliphatic hydroxyl groups is 1. The Bertz CT molecular complexity index is 383. The van der Waals surface area contributed by atoms with E-state index in [1.165, 1.54) is 6.92 Å². The lowest BCUT2D eigenvalue weighted by Gasteiger charge is -2.31. The van der Waals surface area contributed by atoms with Gasteiger partial charge in [0.1, 0.15) is 6.04 Å². The molecule has 1 heterocycles. The van der Waals surface area contributed by atoms with Crippen LogP contribution in [0.15, 0.2) is 12.2 Å². The average molecular weight is 284 g/mol. The quantitative estimate of drug-likeness (QED) is 0.525. The fraction of sp³-hybridized carbons (Fsp3) is 0.714. The molecule has 0 aromatic heterocycles. The number of nitrogens with one attached hydrogen (secondary N) is 2. The van der Waals surface area contributed by atoms with Crippen LogP contribution in [0.4, 0.5) is 0 Å². The molecule has 20 heavy (non-hydrogen) atoms. The lowest BCUT2D eigenvalue weighted by Crippen LogP contribution is -2.56. The van der Waals surface area contributed by atoms with E-state index in [2.05, 4.69) is 10.6 Å². The van der Waals surface area contributed by atoms with Gasteiger partial charge in [-0.05, 0) is 25.7 Å². The zero-order chi connectivity index (χ0) is 15.3. The van der Waals surface area contributed by atoms with Crippen LogP contribution in [0.1, 0.15) is 33.6 Å². The van der Waals surface area contributed by atoms with Crippen LogP contribution >= 0.6 is 0 Å². The molecule has 0 aromatic carbocycles. The predicted octanol–water partition coefficient (Wildman–Crippen LogP) is 0.269. The number of amides is 1. The van der Waals surface area contributed by atoms with Crippen molar-refractivity contribution >= 4 is 11.9 Å². The van der Waals surface area contributed by atoms with E-state index in [0.29, 0.717) is 12.8 Å². The molecule has 0 aliphatic carbocycles. The minimum Gasteiger partial charge on any atom is -0.480 e. The summed E-state index contributed by atoms with van der Waals surface area (Å²) in [5.41, 5.74) is 0. The monoisotopic (exact) mass is 284 g/mol. The summed E-state index contributed by atoms with van der Waals surface area (Å²) in [6.45, 7) is 5.09. The first kappa shape index (κ1) is 16.7. The first-order valence-electron chi connectivity index (χ1n) is 6.97. The minimum absolute atomic E-state index is 0.0286. The van der Waals surface area contributed by atoms with Crippen LogP contribution in [0.3, 0.4) is 0 Å². The fourth-order valence-corrected chi connectivity index (χ4v) is 2.74.